The monoisotopic (exact) mass is 453 g/mol. The van der Waals surface area contributed by atoms with E-state index in [2.05, 4.69) is 9.73 Å². The number of halogens is 3. The summed E-state index contributed by atoms with van der Waals surface area (Å²) in [6.07, 6.45) is -3.51. The highest BCUT2D eigenvalue weighted by atomic mass is 32.2. The molecular weight excluding hydrogens is 427 g/mol. The van der Waals surface area contributed by atoms with Crippen LogP contribution in [0.4, 0.5) is 13.2 Å². The number of amides is 1. The van der Waals surface area contributed by atoms with Gasteiger partial charge < -0.3 is 9.64 Å². The summed E-state index contributed by atoms with van der Waals surface area (Å²) >= 11 is 1.37. The minimum absolute atomic E-state index is 0.0324. The van der Waals surface area contributed by atoms with Crippen LogP contribution < -0.4 is 4.74 Å². The number of benzene rings is 1. The maximum Gasteiger partial charge on any atom is 0.573 e. The summed E-state index contributed by atoms with van der Waals surface area (Å²) in [5.74, 6) is -0.246. The minimum atomic E-state index is -4.73. The van der Waals surface area contributed by atoms with E-state index in [0.717, 1.165) is 23.3 Å². The summed E-state index contributed by atoms with van der Waals surface area (Å²) in [6, 6.07) is 5.66. The van der Waals surface area contributed by atoms with Gasteiger partial charge in [0.25, 0.3) is 0 Å². The Morgan fingerprint density at radius 1 is 1.16 bits per heavy atom. The van der Waals surface area contributed by atoms with Crippen molar-refractivity contribution in [1.82, 2.24) is 4.90 Å². The van der Waals surface area contributed by atoms with Crippen LogP contribution in [0.1, 0.15) is 46.1 Å². The predicted molar refractivity (Wildman–Crippen MR) is 120 cm³/mol. The van der Waals surface area contributed by atoms with E-state index < -0.39 is 6.36 Å². The van der Waals surface area contributed by atoms with Crippen LogP contribution in [-0.2, 0) is 4.79 Å². The fourth-order valence-corrected chi connectivity index (χ4v) is 3.53. The second-order valence-corrected chi connectivity index (χ2v) is 7.83. The van der Waals surface area contributed by atoms with E-state index in [1.807, 2.05) is 27.7 Å². The number of nitrogens with zero attached hydrogens (tertiary/aromatic N) is 3. The van der Waals surface area contributed by atoms with Gasteiger partial charge in [-0.2, -0.15) is 0 Å². The third kappa shape index (κ3) is 6.99. The van der Waals surface area contributed by atoms with Crippen LogP contribution in [0.25, 0.3) is 5.57 Å². The molecule has 1 heterocycles. The minimum Gasteiger partial charge on any atom is -0.406 e. The van der Waals surface area contributed by atoms with Crippen molar-refractivity contribution >= 4 is 33.8 Å². The smallest absolute Gasteiger partial charge is 0.406 e. The van der Waals surface area contributed by atoms with E-state index in [1.54, 1.807) is 29.6 Å². The number of ether oxygens (including phenoxy) is 1. The number of thioether (sulfide) groups is 1. The molecule has 1 aromatic carbocycles. The number of allylic oxidation sites excluding steroid dienone is 2. The maximum absolute atomic E-state index is 12.4. The van der Waals surface area contributed by atoms with Crippen LogP contribution in [0.2, 0.25) is 0 Å². The Balaban J connectivity index is 2.35. The van der Waals surface area contributed by atoms with Gasteiger partial charge >= 0.3 is 6.36 Å². The first-order valence-corrected chi connectivity index (χ1v) is 10.7. The molecule has 1 aliphatic heterocycles. The van der Waals surface area contributed by atoms with Crippen molar-refractivity contribution < 1.29 is 22.7 Å². The molecule has 0 saturated carbocycles. The molecule has 0 N–H and O–H groups in total. The van der Waals surface area contributed by atoms with E-state index in [-0.39, 0.29) is 11.7 Å². The van der Waals surface area contributed by atoms with Gasteiger partial charge in [-0.1, -0.05) is 43.3 Å². The topological polar surface area (TPSA) is 54.3 Å². The Bertz CT molecular complexity index is 932. The molecule has 0 fully saturated rings. The molecule has 0 saturated heterocycles. The molecule has 31 heavy (non-hydrogen) atoms. The molecule has 0 aliphatic carbocycles. The summed E-state index contributed by atoms with van der Waals surface area (Å²) in [5.41, 5.74) is 5.71. The van der Waals surface area contributed by atoms with Gasteiger partial charge in [-0.25, -0.2) is 9.98 Å². The van der Waals surface area contributed by atoms with Crippen LogP contribution in [0.3, 0.4) is 0 Å². The van der Waals surface area contributed by atoms with Gasteiger partial charge in [-0.3, -0.25) is 4.79 Å². The van der Waals surface area contributed by atoms with Crippen LogP contribution >= 0.6 is 11.8 Å². The Labute approximate surface area is 184 Å². The molecular formula is C22H26F3N3O2S. The second kappa shape index (κ2) is 10.7. The number of rotatable bonds is 7. The predicted octanol–water partition coefficient (Wildman–Crippen LogP) is 6.04. The third-order valence-electron chi connectivity index (χ3n) is 4.80. The Morgan fingerprint density at radius 2 is 1.81 bits per heavy atom. The van der Waals surface area contributed by atoms with Crippen LogP contribution in [0.15, 0.2) is 51.2 Å². The van der Waals surface area contributed by atoms with Crippen LogP contribution in [0, 0.1) is 0 Å². The highest BCUT2D eigenvalue weighted by molar-refractivity contribution is 8.26. The number of likely N-dealkylation sites (N-methyl/N-ethyl adjacent to an activating group) is 1. The lowest BCUT2D eigenvalue weighted by Crippen LogP contribution is -2.28. The molecule has 168 valence electrons. The van der Waals surface area contributed by atoms with Gasteiger partial charge in [-0.05, 0) is 43.5 Å². The van der Waals surface area contributed by atoms with Gasteiger partial charge in [0.15, 0.2) is 0 Å². The van der Waals surface area contributed by atoms with Crippen molar-refractivity contribution in [3.63, 3.8) is 0 Å². The zero-order valence-electron chi connectivity index (χ0n) is 18.2. The lowest BCUT2D eigenvalue weighted by atomic mass is 10.1. The summed E-state index contributed by atoms with van der Waals surface area (Å²) in [7, 11) is 1.75. The van der Waals surface area contributed by atoms with Gasteiger partial charge in [-0.15, -0.1) is 13.2 Å². The molecule has 0 spiro atoms. The van der Waals surface area contributed by atoms with Gasteiger partial charge in [0, 0.05) is 13.5 Å². The van der Waals surface area contributed by atoms with Crippen LogP contribution in [-0.4, -0.2) is 41.4 Å². The SMILES string of the molecule is CCC(=O)N(C)CC(/N=C1/SC=N/C1=C(/C)c1ccc(OC(F)(F)F)cc1)=C(\C)CC. The molecule has 0 atom stereocenters. The maximum atomic E-state index is 12.4. The molecule has 1 aromatic rings. The summed E-state index contributed by atoms with van der Waals surface area (Å²) in [5, 5.41) is 0.688. The van der Waals surface area contributed by atoms with E-state index in [0.29, 0.717) is 29.3 Å². The first kappa shape index (κ1) is 24.7. The summed E-state index contributed by atoms with van der Waals surface area (Å²) in [4.78, 5) is 22.9. The van der Waals surface area contributed by atoms with Crippen molar-refractivity contribution in [2.24, 2.45) is 9.98 Å². The second-order valence-electron chi connectivity index (χ2n) is 7.00. The lowest BCUT2D eigenvalue weighted by molar-refractivity contribution is -0.274. The van der Waals surface area contributed by atoms with Gasteiger partial charge in [0.2, 0.25) is 5.91 Å². The molecule has 9 heteroatoms. The van der Waals surface area contributed by atoms with Gasteiger partial charge in [0.1, 0.15) is 10.8 Å². The van der Waals surface area contributed by atoms with Crippen molar-refractivity contribution in [2.75, 3.05) is 13.6 Å². The number of hydrogen-bond donors (Lipinski definition) is 0. The van der Waals surface area contributed by atoms with E-state index >= 15 is 0 Å². The Morgan fingerprint density at radius 3 is 2.35 bits per heavy atom. The highest BCUT2D eigenvalue weighted by Gasteiger charge is 2.31. The summed E-state index contributed by atoms with van der Waals surface area (Å²) in [6.45, 7) is 8.07. The molecule has 5 nitrogen and oxygen atoms in total. The molecule has 0 aromatic heterocycles. The lowest BCUT2D eigenvalue weighted by Gasteiger charge is -2.18. The molecule has 1 aliphatic rings. The standard InChI is InChI=1S/C22H26F3N3O2S/c1-6-14(3)18(12-28(5)19(29)7-2)27-21-20(26-13-31-21)15(4)16-8-10-17(11-9-16)30-22(23,24)25/h8-11,13H,6-7,12H2,1-5H3/b18-14-,20-15-,27-21+. The average Bonchev–Trinajstić information content (AvgIpc) is 3.18. The highest BCUT2D eigenvalue weighted by Crippen LogP contribution is 2.31. The van der Waals surface area contributed by atoms with E-state index in [9.17, 15) is 18.0 Å². The fourth-order valence-electron chi connectivity index (χ4n) is 2.79. The third-order valence-corrected chi connectivity index (χ3v) is 5.52. The van der Waals surface area contributed by atoms with Crippen molar-refractivity contribution in [3.8, 4) is 5.75 Å². The van der Waals surface area contributed by atoms with Crippen molar-refractivity contribution in [2.45, 2.75) is 46.9 Å². The van der Waals surface area contributed by atoms with Crippen LogP contribution in [0.5, 0.6) is 5.75 Å². The van der Waals surface area contributed by atoms with E-state index in [4.69, 9.17) is 4.99 Å². The first-order chi connectivity index (χ1) is 14.6. The average molecular weight is 454 g/mol. The van der Waals surface area contributed by atoms with Gasteiger partial charge in [0.05, 0.1) is 23.5 Å². The Kier molecular flexibility index (Phi) is 8.50. The quantitative estimate of drug-likeness (QED) is 0.506. The normalized spacial score (nSPS) is 17.6. The van der Waals surface area contributed by atoms with Crippen molar-refractivity contribution in [3.05, 3.63) is 46.8 Å². The zero-order chi connectivity index (χ0) is 23.2. The largest absolute Gasteiger partial charge is 0.573 e. The molecule has 2 rings (SSSR count). The Hall–Kier alpha value is -2.55. The number of carbonyl (C=O) groups is 1. The number of aliphatic imine (C=N–C) groups is 2. The molecule has 1 amide bonds. The van der Waals surface area contributed by atoms with E-state index in [1.165, 1.54) is 23.9 Å². The fraction of sp³-hybridized carbons (Fsp3) is 0.409. The molecule has 0 radical (unpaired) electrons. The van der Waals surface area contributed by atoms with Crippen molar-refractivity contribution in [1.29, 1.82) is 0 Å². The molecule has 0 bridgehead atoms. The number of alkyl halides is 3. The number of hydrogen-bond acceptors (Lipinski definition) is 5. The zero-order valence-corrected chi connectivity index (χ0v) is 19.0. The molecule has 0 unspecified atom stereocenters. The first-order valence-electron chi connectivity index (χ1n) is 9.83. The number of carbonyl (C=O) groups excluding carboxylic acids is 1. The summed E-state index contributed by atoms with van der Waals surface area (Å²) < 4.78 is 41.1.